The van der Waals surface area contributed by atoms with Gasteiger partial charge >= 0.3 is 0 Å². The molecule has 6 aliphatic rings. The van der Waals surface area contributed by atoms with Crippen LogP contribution in [0.1, 0.15) is 57.7 Å². The third-order valence-corrected chi connectivity index (χ3v) is 10.9. The minimum atomic E-state index is -0.840. The van der Waals surface area contributed by atoms with Gasteiger partial charge in [0.1, 0.15) is 12.2 Å². The lowest BCUT2D eigenvalue weighted by Gasteiger charge is -2.62. The standard InChI is InChI=1S/C26H36N2O5/c1-15-7-17-18-5-6-25(26(33-14-31-25)12-30-13-32-26)24(18,3)10-21(29)22(17)23(2)9-16-11-27-28(4)20(16)8-19(15)23/h8,11,15,17-18,21-22,29H,5-7,9-10,12-14H2,1-4H3/t15-,17-,18-,21-,22+,23-,24-,25+,26?/m0/s1. The topological polar surface area (TPSA) is 75.0 Å². The molecule has 5 fully saturated rings. The molecule has 33 heavy (non-hydrogen) atoms. The molecule has 0 radical (unpaired) electrons. The molecule has 0 amide bonds. The van der Waals surface area contributed by atoms with E-state index < -0.39 is 17.5 Å². The lowest BCUT2D eigenvalue weighted by molar-refractivity contribution is -0.258. The average molecular weight is 457 g/mol. The van der Waals surface area contributed by atoms with E-state index in [2.05, 4.69) is 31.9 Å². The van der Waals surface area contributed by atoms with Crippen LogP contribution in [0.25, 0.3) is 6.08 Å². The van der Waals surface area contributed by atoms with Gasteiger partial charge in [0, 0.05) is 12.5 Å². The molecule has 1 aromatic heterocycles. The van der Waals surface area contributed by atoms with Gasteiger partial charge in [-0.2, -0.15) is 5.10 Å². The van der Waals surface area contributed by atoms with Crippen LogP contribution in [0.15, 0.2) is 11.8 Å². The molecule has 7 rings (SSSR count). The molecule has 1 unspecified atom stereocenters. The Hall–Kier alpha value is -1.25. The zero-order valence-corrected chi connectivity index (χ0v) is 20.2. The zero-order valence-electron chi connectivity index (χ0n) is 20.2. The van der Waals surface area contributed by atoms with E-state index in [1.54, 1.807) is 0 Å². The Kier molecular flexibility index (Phi) is 4.14. The maximum Gasteiger partial charge on any atom is 0.226 e. The summed E-state index contributed by atoms with van der Waals surface area (Å²) >= 11 is 0. The number of rotatable bonds is 0. The Balaban J connectivity index is 1.31. The number of hydrogen-bond acceptors (Lipinski definition) is 6. The maximum atomic E-state index is 11.9. The number of hydrogen-bond donors (Lipinski definition) is 1. The quantitative estimate of drug-likeness (QED) is 0.646. The van der Waals surface area contributed by atoms with Gasteiger partial charge in [0.15, 0.2) is 13.6 Å². The fourth-order valence-corrected chi connectivity index (χ4v) is 9.73. The fraction of sp³-hybridized carbons (Fsp3) is 0.808. The highest BCUT2D eigenvalue weighted by Crippen LogP contribution is 2.72. The summed E-state index contributed by atoms with van der Waals surface area (Å²) in [5.41, 5.74) is 3.22. The van der Waals surface area contributed by atoms with Gasteiger partial charge in [0.25, 0.3) is 0 Å². The lowest BCUT2D eigenvalue weighted by atomic mass is 9.43. The molecule has 2 saturated heterocycles. The van der Waals surface area contributed by atoms with Crippen LogP contribution < -0.4 is 0 Å². The number of aliphatic hydroxyl groups excluding tert-OH is 1. The summed E-state index contributed by atoms with van der Waals surface area (Å²) < 4.78 is 26.4. The second-order valence-corrected chi connectivity index (χ2v) is 12.1. The van der Waals surface area contributed by atoms with Crippen LogP contribution in [0, 0.1) is 34.5 Å². The highest BCUT2D eigenvalue weighted by atomic mass is 16.9. The number of aromatic nitrogens is 2. The predicted octanol–water partition coefficient (Wildman–Crippen LogP) is 3.26. The number of nitrogens with zero attached hydrogens (tertiary/aromatic N) is 2. The summed E-state index contributed by atoms with van der Waals surface area (Å²) in [5.74, 6) is 0.780. The molecular weight excluding hydrogens is 420 g/mol. The Morgan fingerprint density at radius 3 is 2.79 bits per heavy atom. The van der Waals surface area contributed by atoms with E-state index in [0.717, 1.165) is 25.7 Å². The third-order valence-electron chi connectivity index (χ3n) is 10.9. The molecule has 4 aliphatic carbocycles. The zero-order chi connectivity index (χ0) is 22.8. The first-order valence-electron chi connectivity index (χ1n) is 12.7. The normalized spacial score (nSPS) is 52.5. The number of ether oxygens (including phenoxy) is 4. The summed E-state index contributed by atoms with van der Waals surface area (Å²) in [6.07, 6.45) is 8.77. The first kappa shape index (κ1) is 21.1. The SMILES string of the molecule is C[C@H]1C[C@@H]2[C@H]([C@@H](O)C[C@@]3(C)[C@H]2CC[C@@]32OCOC23COCO3)[C@@]2(C)Cc3cnn(C)c3C=C12. The second-order valence-electron chi connectivity index (χ2n) is 12.1. The minimum absolute atomic E-state index is 0.0491. The Labute approximate surface area is 195 Å². The summed E-state index contributed by atoms with van der Waals surface area (Å²) in [6.45, 7) is 8.02. The van der Waals surface area contributed by atoms with E-state index in [1.807, 2.05) is 17.9 Å². The van der Waals surface area contributed by atoms with Crippen molar-refractivity contribution in [3.8, 4) is 0 Å². The molecule has 180 valence electrons. The van der Waals surface area contributed by atoms with Crippen molar-refractivity contribution in [2.45, 2.75) is 70.4 Å². The Bertz CT molecular complexity index is 1020. The molecule has 3 saturated carbocycles. The molecule has 1 N–H and O–H groups in total. The van der Waals surface area contributed by atoms with E-state index in [4.69, 9.17) is 18.9 Å². The summed E-state index contributed by atoms with van der Waals surface area (Å²) in [4.78, 5) is 0. The molecular formula is C26H36N2O5. The molecule has 7 nitrogen and oxygen atoms in total. The van der Waals surface area contributed by atoms with Gasteiger partial charge in [-0.05, 0) is 72.8 Å². The molecule has 2 aliphatic heterocycles. The summed E-state index contributed by atoms with van der Waals surface area (Å²) in [5, 5.41) is 16.5. The lowest BCUT2D eigenvalue weighted by Crippen LogP contribution is -2.66. The van der Waals surface area contributed by atoms with Crippen molar-refractivity contribution >= 4 is 6.08 Å². The molecule has 7 heteroatoms. The molecule has 0 aromatic carbocycles. The molecule has 9 atom stereocenters. The number of aryl methyl sites for hydroxylation is 1. The predicted molar refractivity (Wildman–Crippen MR) is 120 cm³/mol. The van der Waals surface area contributed by atoms with E-state index in [0.29, 0.717) is 30.8 Å². The van der Waals surface area contributed by atoms with E-state index >= 15 is 0 Å². The second kappa shape index (κ2) is 6.49. The monoisotopic (exact) mass is 456 g/mol. The van der Waals surface area contributed by atoms with E-state index in [1.165, 1.54) is 16.8 Å². The largest absolute Gasteiger partial charge is 0.393 e. The molecule has 0 bridgehead atoms. The minimum Gasteiger partial charge on any atom is -0.393 e. The summed E-state index contributed by atoms with van der Waals surface area (Å²) in [7, 11) is 2.03. The smallest absolute Gasteiger partial charge is 0.226 e. The van der Waals surface area contributed by atoms with Crippen molar-refractivity contribution in [3.05, 3.63) is 23.0 Å². The average Bonchev–Trinajstić information content (AvgIpc) is 3.52. The van der Waals surface area contributed by atoms with Gasteiger partial charge < -0.3 is 24.1 Å². The number of fused-ring (bicyclic) bond motifs is 8. The van der Waals surface area contributed by atoms with Gasteiger partial charge in [0.2, 0.25) is 5.79 Å². The fourth-order valence-electron chi connectivity index (χ4n) is 9.73. The number of aliphatic hydroxyl groups is 1. The van der Waals surface area contributed by atoms with Crippen molar-refractivity contribution in [2.75, 3.05) is 20.2 Å². The third kappa shape index (κ3) is 2.32. The van der Waals surface area contributed by atoms with Crippen LogP contribution >= 0.6 is 0 Å². The van der Waals surface area contributed by atoms with Gasteiger partial charge in [-0.15, -0.1) is 0 Å². The Morgan fingerprint density at radius 2 is 2.00 bits per heavy atom. The van der Waals surface area contributed by atoms with Gasteiger partial charge in [0.05, 0.1) is 18.0 Å². The van der Waals surface area contributed by atoms with Gasteiger partial charge in [-0.1, -0.05) is 26.3 Å². The van der Waals surface area contributed by atoms with Crippen LogP contribution in [0.5, 0.6) is 0 Å². The van der Waals surface area contributed by atoms with Crippen LogP contribution in [-0.2, 0) is 32.4 Å². The maximum absolute atomic E-state index is 11.9. The van der Waals surface area contributed by atoms with Crippen LogP contribution in [0.4, 0.5) is 0 Å². The highest BCUT2D eigenvalue weighted by Gasteiger charge is 2.77. The molecule has 1 aromatic rings. The van der Waals surface area contributed by atoms with E-state index in [9.17, 15) is 5.11 Å². The first-order valence-corrected chi connectivity index (χ1v) is 12.7. The highest BCUT2D eigenvalue weighted by molar-refractivity contribution is 5.60. The van der Waals surface area contributed by atoms with Crippen molar-refractivity contribution in [1.29, 1.82) is 0 Å². The number of allylic oxidation sites excluding steroid dienone is 1. The van der Waals surface area contributed by atoms with E-state index in [-0.39, 0.29) is 30.3 Å². The van der Waals surface area contributed by atoms with Crippen molar-refractivity contribution in [2.24, 2.45) is 41.5 Å². The van der Waals surface area contributed by atoms with Crippen molar-refractivity contribution in [3.63, 3.8) is 0 Å². The Morgan fingerprint density at radius 1 is 1.18 bits per heavy atom. The summed E-state index contributed by atoms with van der Waals surface area (Å²) in [6, 6.07) is 0. The van der Waals surface area contributed by atoms with Crippen LogP contribution in [0.3, 0.4) is 0 Å². The van der Waals surface area contributed by atoms with Crippen LogP contribution in [0.2, 0.25) is 0 Å². The molecule has 3 heterocycles. The van der Waals surface area contributed by atoms with Crippen molar-refractivity contribution < 1.29 is 24.1 Å². The van der Waals surface area contributed by atoms with Gasteiger partial charge in [-0.3, -0.25) is 4.68 Å². The van der Waals surface area contributed by atoms with Gasteiger partial charge in [-0.25, -0.2) is 0 Å². The molecule has 2 spiro atoms. The first-order chi connectivity index (χ1) is 15.7. The van der Waals surface area contributed by atoms with Crippen molar-refractivity contribution in [1.82, 2.24) is 9.78 Å². The van der Waals surface area contributed by atoms with Crippen LogP contribution in [-0.4, -0.2) is 52.6 Å².